The molecule has 1 N–H and O–H groups in total. The van der Waals surface area contributed by atoms with Crippen molar-refractivity contribution >= 4 is 29.1 Å². The van der Waals surface area contributed by atoms with Crippen LogP contribution in [-0.2, 0) is 4.74 Å². The predicted molar refractivity (Wildman–Crippen MR) is 111 cm³/mol. The van der Waals surface area contributed by atoms with Crippen molar-refractivity contribution in [2.24, 2.45) is 0 Å². The Morgan fingerprint density at radius 3 is 2.54 bits per heavy atom. The number of halogens is 1. The van der Waals surface area contributed by atoms with E-state index in [1.165, 1.54) is 0 Å². The lowest BCUT2D eigenvalue weighted by Gasteiger charge is -2.22. The number of hydrogen-bond donors (Lipinski definition) is 1. The van der Waals surface area contributed by atoms with Gasteiger partial charge in [-0.2, -0.15) is 0 Å². The number of anilines is 2. The van der Waals surface area contributed by atoms with Crippen LogP contribution in [0.25, 0.3) is 0 Å². The minimum atomic E-state index is -1.04. The molecular formula is C20H24ClN3O4. The fourth-order valence-corrected chi connectivity index (χ4v) is 3.09. The van der Waals surface area contributed by atoms with Gasteiger partial charge in [-0.1, -0.05) is 23.7 Å². The van der Waals surface area contributed by atoms with Crippen molar-refractivity contribution in [1.29, 1.82) is 0 Å². The standard InChI is InChI=1S/C20H24ClN3O4/c1-4-23(5-2)17-9-10-18(14(3)11-17)22-20(25)28-19(13-24(26)27)15-7-6-8-16(21)12-15/h6-12,19H,4-5,13H2,1-3H3,(H,22,25). The molecule has 1 amide bonds. The zero-order valence-corrected chi connectivity index (χ0v) is 16.9. The van der Waals surface area contributed by atoms with E-state index in [9.17, 15) is 14.9 Å². The second kappa shape index (κ2) is 9.94. The second-order valence-corrected chi connectivity index (χ2v) is 6.70. The monoisotopic (exact) mass is 405 g/mol. The number of aryl methyl sites for hydroxylation is 1. The molecule has 8 heteroatoms. The number of carbonyl (C=O) groups excluding carboxylic acids is 1. The van der Waals surface area contributed by atoms with Crippen LogP contribution in [0.1, 0.15) is 31.1 Å². The van der Waals surface area contributed by atoms with E-state index in [1.807, 2.05) is 19.1 Å². The number of ether oxygens (including phenoxy) is 1. The summed E-state index contributed by atoms with van der Waals surface area (Å²) in [6.45, 7) is 7.25. The van der Waals surface area contributed by atoms with Gasteiger partial charge in [0.2, 0.25) is 6.54 Å². The molecule has 0 aliphatic heterocycles. The molecule has 28 heavy (non-hydrogen) atoms. The first kappa shape index (κ1) is 21.5. The molecule has 2 rings (SSSR count). The Kier molecular flexibility index (Phi) is 7.63. The fourth-order valence-electron chi connectivity index (χ4n) is 2.90. The van der Waals surface area contributed by atoms with Gasteiger partial charge in [-0.25, -0.2) is 4.79 Å². The summed E-state index contributed by atoms with van der Waals surface area (Å²) >= 11 is 5.95. The molecule has 0 saturated carbocycles. The van der Waals surface area contributed by atoms with E-state index in [-0.39, 0.29) is 0 Å². The van der Waals surface area contributed by atoms with Crippen LogP contribution in [0.3, 0.4) is 0 Å². The number of nitro groups is 1. The van der Waals surface area contributed by atoms with Crippen LogP contribution in [0.5, 0.6) is 0 Å². The number of nitrogens with zero attached hydrogens (tertiary/aromatic N) is 2. The van der Waals surface area contributed by atoms with Crippen LogP contribution in [0, 0.1) is 17.0 Å². The highest BCUT2D eigenvalue weighted by molar-refractivity contribution is 6.30. The quantitative estimate of drug-likeness (QED) is 0.490. The van der Waals surface area contributed by atoms with Crippen LogP contribution in [0.15, 0.2) is 42.5 Å². The molecule has 0 aliphatic rings. The summed E-state index contributed by atoms with van der Waals surface area (Å²) in [5, 5.41) is 14.1. The molecule has 0 aromatic heterocycles. The Morgan fingerprint density at radius 1 is 1.25 bits per heavy atom. The topological polar surface area (TPSA) is 84.7 Å². The first-order valence-corrected chi connectivity index (χ1v) is 9.42. The number of hydrogen-bond acceptors (Lipinski definition) is 5. The van der Waals surface area contributed by atoms with Crippen molar-refractivity contribution < 1.29 is 14.5 Å². The third-order valence-corrected chi connectivity index (χ3v) is 4.60. The zero-order valence-electron chi connectivity index (χ0n) is 16.1. The van der Waals surface area contributed by atoms with Gasteiger partial charge in [-0.05, 0) is 56.7 Å². The average molecular weight is 406 g/mol. The summed E-state index contributed by atoms with van der Waals surface area (Å²) in [5.74, 6) is 0. The lowest BCUT2D eigenvalue weighted by molar-refractivity contribution is -0.490. The molecule has 0 heterocycles. The molecule has 150 valence electrons. The molecule has 0 saturated heterocycles. The molecule has 1 atom stereocenters. The van der Waals surface area contributed by atoms with Gasteiger partial charge in [0.25, 0.3) is 0 Å². The minimum Gasteiger partial charge on any atom is -0.434 e. The van der Waals surface area contributed by atoms with Crippen molar-refractivity contribution in [3.8, 4) is 0 Å². The summed E-state index contributed by atoms with van der Waals surface area (Å²) in [7, 11) is 0. The molecule has 0 fully saturated rings. The molecule has 0 bridgehead atoms. The fraction of sp³-hybridized carbons (Fsp3) is 0.350. The Labute approximate surface area is 169 Å². The highest BCUT2D eigenvalue weighted by atomic mass is 35.5. The van der Waals surface area contributed by atoms with Gasteiger partial charge in [0.15, 0.2) is 6.10 Å². The van der Waals surface area contributed by atoms with Crippen LogP contribution < -0.4 is 10.2 Å². The number of carbonyl (C=O) groups is 1. The minimum absolute atomic E-state index is 0.415. The molecule has 0 spiro atoms. The zero-order chi connectivity index (χ0) is 20.7. The SMILES string of the molecule is CCN(CC)c1ccc(NC(=O)OC(C[N+](=O)[O-])c2cccc(Cl)c2)c(C)c1. The Bertz CT molecular complexity index is 840. The van der Waals surface area contributed by atoms with E-state index in [0.29, 0.717) is 16.3 Å². The number of benzene rings is 2. The summed E-state index contributed by atoms with van der Waals surface area (Å²) in [5.41, 5.74) is 2.99. The van der Waals surface area contributed by atoms with Crippen LogP contribution in [0.4, 0.5) is 16.2 Å². The van der Waals surface area contributed by atoms with Crippen molar-refractivity contribution in [1.82, 2.24) is 0 Å². The number of rotatable bonds is 8. The smallest absolute Gasteiger partial charge is 0.412 e. The highest BCUT2D eigenvalue weighted by Crippen LogP contribution is 2.25. The van der Waals surface area contributed by atoms with Gasteiger partial charge in [-0.15, -0.1) is 0 Å². The lowest BCUT2D eigenvalue weighted by Crippen LogP contribution is -2.23. The van der Waals surface area contributed by atoms with Gasteiger partial charge < -0.3 is 9.64 Å². The van der Waals surface area contributed by atoms with E-state index >= 15 is 0 Å². The Morgan fingerprint density at radius 2 is 1.96 bits per heavy atom. The highest BCUT2D eigenvalue weighted by Gasteiger charge is 2.23. The van der Waals surface area contributed by atoms with Gasteiger partial charge in [0.05, 0.1) is 0 Å². The van der Waals surface area contributed by atoms with E-state index in [0.717, 1.165) is 24.3 Å². The van der Waals surface area contributed by atoms with Crippen LogP contribution >= 0.6 is 11.6 Å². The van der Waals surface area contributed by atoms with Crippen LogP contribution in [-0.4, -0.2) is 30.7 Å². The number of nitrogens with one attached hydrogen (secondary N) is 1. The third-order valence-electron chi connectivity index (χ3n) is 4.36. The molecular weight excluding hydrogens is 382 g/mol. The van der Waals surface area contributed by atoms with Crippen LogP contribution in [0.2, 0.25) is 5.02 Å². The van der Waals surface area contributed by atoms with Crippen molar-refractivity contribution in [3.63, 3.8) is 0 Å². The van der Waals surface area contributed by atoms with Gasteiger partial charge >= 0.3 is 6.09 Å². The third kappa shape index (κ3) is 5.85. The van der Waals surface area contributed by atoms with Crippen molar-refractivity contribution in [2.75, 3.05) is 29.9 Å². The maximum atomic E-state index is 12.3. The summed E-state index contributed by atoms with van der Waals surface area (Å²) < 4.78 is 5.32. The van der Waals surface area contributed by atoms with Crippen molar-refractivity contribution in [2.45, 2.75) is 26.9 Å². The average Bonchev–Trinajstić information content (AvgIpc) is 2.64. The largest absolute Gasteiger partial charge is 0.434 e. The molecule has 2 aromatic carbocycles. The Hall–Kier alpha value is -2.80. The Balaban J connectivity index is 2.13. The maximum absolute atomic E-state index is 12.3. The second-order valence-electron chi connectivity index (χ2n) is 6.26. The molecule has 7 nitrogen and oxygen atoms in total. The summed E-state index contributed by atoms with van der Waals surface area (Å²) in [6, 6.07) is 12.2. The van der Waals surface area contributed by atoms with E-state index in [2.05, 4.69) is 24.1 Å². The first-order chi connectivity index (χ1) is 13.3. The van der Waals surface area contributed by atoms with Gasteiger partial charge in [0.1, 0.15) is 0 Å². The molecule has 0 radical (unpaired) electrons. The summed E-state index contributed by atoms with van der Waals surface area (Å²) in [6.07, 6.45) is -1.80. The first-order valence-electron chi connectivity index (χ1n) is 9.04. The molecule has 2 aromatic rings. The van der Waals surface area contributed by atoms with Crippen molar-refractivity contribution in [3.05, 3.63) is 68.7 Å². The molecule has 0 aliphatic carbocycles. The van der Waals surface area contributed by atoms with Gasteiger partial charge in [0, 0.05) is 40.0 Å². The van der Waals surface area contributed by atoms with Gasteiger partial charge in [-0.3, -0.25) is 15.4 Å². The summed E-state index contributed by atoms with van der Waals surface area (Å²) in [4.78, 5) is 25.0. The number of amides is 1. The lowest BCUT2D eigenvalue weighted by atomic mass is 10.1. The van der Waals surface area contributed by atoms with E-state index in [4.69, 9.17) is 16.3 Å². The normalized spacial score (nSPS) is 11.6. The van der Waals surface area contributed by atoms with E-state index in [1.54, 1.807) is 30.3 Å². The molecule has 1 unspecified atom stereocenters. The predicted octanol–water partition coefficient (Wildman–Crippen LogP) is 5.06. The maximum Gasteiger partial charge on any atom is 0.412 e. The van der Waals surface area contributed by atoms with E-state index < -0.39 is 23.7 Å².